The van der Waals surface area contributed by atoms with Gasteiger partial charge < -0.3 is 5.32 Å². The quantitative estimate of drug-likeness (QED) is 0.899. The number of nitrogens with one attached hydrogen (secondary N) is 1. The van der Waals surface area contributed by atoms with Gasteiger partial charge in [0.05, 0.1) is 0 Å². The van der Waals surface area contributed by atoms with Crippen molar-refractivity contribution < 1.29 is 12.8 Å². The molecule has 0 radical (unpaired) electrons. The van der Waals surface area contributed by atoms with E-state index in [0.29, 0.717) is 19.6 Å². The Morgan fingerprint density at radius 2 is 2.05 bits per heavy atom. The summed E-state index contributed by atoms with van der Waals surface area (Å²) in [6.07, 6.45) is 6.14. The first-order valence-corrected chi connectivity index (χ1v) is 8.84. The molecular weight excluding hydrogens is 293 g/mol. The predicted octanol–water partition coefficient (Wildman–Crippen LogP) is 1.52. The van der Waals surface area contributed by atoms with E-state index in [1.54, 1.807) is 0 Å². The monoisotopic (exact) mass is 313 g/mol. The summed E-state index contributed by atoms with van der Waals surface area (Å²) in [5, 5.41) is 2.85. The Bertz CT molecular complexity index is 606. The number of piperazine rings is 1. The van der Waals surface area contributed by atoms with E-state index in [1.807, 2.05) is 0 Å². The summed E-state index contributed by atoms with van der Waals surface area (Å²) >= 11 is 0. The molecule has 1 spiro atoms. The largest absolute Gasteiger partial charge is 0.314 e. The molecule has 116 valence electrons. The Kier molecular flexibility index (Phi) is 3.98. The highest BCUT2D eigenvalue weighted by Gasteiger charge is 2.47. The highest BCUT2D eigenvalue weighted by Crippen LogP contribution is 2.37. The maximum Gasteiger partial charge on any atom is 0.264 e. The number of rotatable bonds is 2. The Morgan fingerprint density at radius 3 is 2.76 bits per heavy atom. The van der Waals surface area contributed by atoms with Gasteiger partial charge in [-0.25, -0.2) is 17.8 Å². The molecule has 1 aliphatic heterocycles. The number of pyridine rings is 1. The van der Waals surface area contributed by atoms with E-state index in [0.717, 1.165) is 38.2 Å². The second kappa shape index (κ2) is 5.62. The van der Waals surface area contributed by atoms with Crippen LogP contribution in [0, 0.1) is 5.82 Å². The van der Waals surface area contributed by atoms with Crippen molar-refractivity contribution >= 4 is 10.0 Å². The molecule has 1 aliphatic carbocycles. The van der Waals surface area contributed by atoms with Crippen molar-refractivity contribution in [1.29, 1.82) is 0 Å². The van der Waals surface area contributed by atoms with Gasteiger partial charge in [0.25, 0.3) is 10.0 Å². The molecule has 3 rings (SSSR count). The van der Waals surface area contributed by atoms with E-state index in [4.69, 9.17) is 0 Å². The van der Waals surface area contributed by atoms with Crippen LogP contribution in [0.1, 0.15) is 32.1 Å². The summed E-state index contributed by atoms with van der Waals surface area (Å²) in [5.41, 5.74) is -0.417. The summed E-state index contributed by atoms with van der Waals surface area (Å²) in [4.78, 5) is 3.78. The van der Waals surface area contributed by atoms with Gasteiger partial charge >= 0.3 is 0 Å². The zero-order valence-corrected chi connectivity index (χ0v) is 12.7. The zero-order chi connectivity index (χ0) is 14.9. The highest BCUT2D eigenvalue weighted by molar-refractivity contribution is 7.89. The van der Waals surface area contributed by atoms with Crippen molar-refractivity contribution in [3.8, 4) is 0 Å². The zero-order valence-electron chi connectivity index (χ0n) is 11.9. The van der Waals surface area contributed by atoms with Gasteiger partial charge in [0, 0.05) is 31.4 Å². The van der Waals surface area contributed by atoms with Gasteiger partial charge in [-0.1, -0.05) is 19.3 Å². The van der Waals surface area contributed by atoms with Crippen LogP contribution in [0.4, 0.5) is 4.39 Å². The molecule has 1 aromatic heterocycles. The third-order valence-electron chi connectivity index (χ3n) is 4.52. The van der Waals surface area contributed by atoms with Gasteiger partial charge in [-0.15, -0.1) is 0 Å². The molecule has 7 heteroatoms. The van der Waals surface area contributed by atoms with Gasteiger partial charge in [-0.2, -0.15) is 4.31 Å². The van der Waals surface area contributed by atoms with Crippen molar-refractivity contribution in [1.82, 2.24) is 14.6 Å². The van der Waals surface area contributed by atoms with Gasteiger partial charge in [-0.3, -0.25) is 0 Å². The smallest absolute Gasteiger partial charge is 0.264 e. The van der Waals surface area contributed by atoms with Crippen molar-refractivity contribution in [3.63, 3.8) is 0 Å². The van der Waals surface area contributed by atoms with E-state index < -0.39 is 26.4 Å². The van der Waals surface area contributed by atoms with E-state index in [-0.39, 0.29) is 0 Å². The van der Waals surface area contributed by atoms with Gasteiger partial charge in [-0.05, 0) is 25.0 Å². The molecule has 1 N–H and O–H groups in total. The molecule has 21 heavy (non-hydrogen) atoms. The molecule has 0 unspecified atom stereocenters. The second-order valence-electron chi connectivity index (χ2n) is 5.83. The second-order valence-corrected chi connectivity index (χ2v) is 7.61. The van der Waals surface area contributed by atoms with E-state index >= 15 is 0 Å². The minimum atomic E-state index is -3.89. The summed E-state index contributed by atoms with van der Waals surface area (Å²) in [6, 6.07) is 2.55. The summed E-state index contributed by atoms with van der Waals surface area (Å²) in [5.74, 6) is -0.776. The minimum Gasteiger partial charge on any atom is -0.314 e. The summed E-state index contributed by atoms with van der Waals surface area (Å²) in [6.45, 7) is 1.61. The van der Waals surface area contributed by atoms with Gasteiger partial charge in [0.2, 0.25) is 5.03 Å². The summed E-state index contributed by atoms with van der Waals surface area (Å²) in [7, 11) is -3.89. The molecule has 2 aliphatic rings. The Labute approximate surface area is 124 Å². The molecule has 1 saturated heterocycles. The molecule has 2 heterocycles. The standard InChI is InChI=1S/C14H20FN3O2S/c15-12-5-4-8-17-13(12)21(19,20)18-10-9-16-11-14(18)6-2-1-3-7-14/h4-5,8,16H,1-3,6-7,9-11H2. The predicted molar refractivity (Wildman–Crippen MR) is 76.8 cm³/mol. The van der Waals surface area contributed by atoms with E-state index in [2.05, 4.69) is 10.3 Å². The molecule has 1 aromatic rings. The van der Waals surface area contributed by atoms with Crippen LogP contribution in [0.25, 0.3) is 0 Å². The fourth-order valence-corrected chi connectivity index (χ4v) is 5.31. The lowest BCUT2D eigenvalue weighted by Crippen LogP contribution is -2.63. The lowest BCUT2D eigenvalue weighted by molar-refractivity contribution is 0.100. The molecule has 2 fully saturated rings. The van der Waals surface area contributed by atoms with Gasteiger partial charge in [0.15, 0.2) is 5.82 Å². The number of nitrogens with zero attached hydrogens (tertiary/aromatic N) is 2. The normalized spacial score (nSPS) is 23.3. The lowest BCUT2D eigenvalue weighted by atomic mass is 9.80. The number of hydrogen-bond acceptors (Lipinski definition) is 4. The Morgan fingerprint density at radius 1 is 1.29 bits per heavy atom. The number of aromatic nitrogens is 1. The van der Waals surface area contributed by atoms with Crippen LogP contribution in [-0.2, 0) is 10.0 Å². The SMILES string of the molecule is O=S(=O)(c1ncccc1F)N1CCNCC12CCCCC2. The number of halogens is 1. The first-order chi connectivity index (χ1) is 10.1. The topological polar surface area (TPSA) is 62.3 Å². The maximum absolute atomic E-state index is 13.9. The first-order valence-electron chi connectivity index (χ1n) is 7.40. The lowest BCUT2D eigenvalue weighted by Gasteiger charge is -2.48. The first kappa shape index (κ1) is 14.9. The fraction of sp³-hybridized carbons (Fsp3) is 0.643. The van der Waals surface area contributed by atoms with Crippen molar-refractivity contribution in [2.24, 2.45) is 0 Å². The van der Waals surface area contributed by atoms with Crippen LogP contribution in [0.15, 0.2) is 23.4 Å². The van der Waals surface area contributed by atoms with E-state index in [1.165, 1.54) is 16.6 Å². The number of sulfonamides is 1. The van der Waals surface area contributed by atoms with Crippen LogP contribution in [0.3, 0.4) is 0 Å². The summed E-state index contributed by atoms with van der Waals surface area (Å²) < 4.78 is 41.2. The van der Waals surface area contributed by atoms with Crippen molar-refractivity contribution in [2.75, 3.05) is 19.6 Å². The Hall–Kier alpha value is -1.05. The Balaban J connectivity index is 2.01. The third-order valence-corrected chi connectivity index (χ3v) is 6.46. The molecular formula is C14H20FN3O2S. The van der Waals surface area contributed by atoms with Crippen LogP contribution in [-0.4, -0.2) is 42.9 Å². The molecule has 1 saturated carbocycles. The molecule has 0 atom stereocenters. The fourth-order valence-electron chi connectivity index (χ4n) is 3.50. The molecule has 0 amide bonds. The average Bonchev–Trinajstić information content (AvgIpc) is 2.48. The highest BCUT2D eigenvalue weighted by atomic mass is 32.2. The van der Waals surface area contributed by atoms with Crippen LogP contribution >= 0.6 is 0 Å². The van der Waals surface area contributed by atoms with E-state index in [9.17, 15) is 12.8 Å². The van der Waals surface area contributed by atoms with Crippen LogP contribution < -0.4 is 5.32 Å². The third kappa shape index (κ3) is 2.58. The minimum absolute atomic E-state index is 0.373. The van der Waals surface area contributed by atoms with Crippen LogP contribution in [0.2, 0.25) is 0 Å². The van der Waals surface area contributed by atoms with Crippen molar-refractivity contribution in [2.45, 2.75) is 42.7 Å². The number of hydrogen-bond donors (Lipinski definition) is 1. The molecule has 0 bridgehead atoms. The molecule has 5 nitrogen and oxygen atoms in total. The van der Waals surface area contributed by atoms with Crippen molar-refractivity contribution in [3.05, 3.63) is 24.1 Å². The molecule has 0 aromatic carbocycles. The van der Waals surface area contributed by atoms with Crippen LogP contribution in [0.5, 0.6) is 0 Å². The average molecular weight is 313 g/mol. The maximum atomic E-state index is 13.9. The van der Waals surface area contributed by atoms with Gasteiger partial charge in [0.1, 0.15) is 0 Å².